The normalized spacial score (nSPS) is 15.5. The topological polar surface area (TPSA) is 148 Å². The largest absolute Gasteiger partial charge is 0.463 e. The number of esters is 1. The zero-order valence-corrected chi connectivity index (χ0v) is 18.4. The van der Waals surface area contributed by atoms with Crippen molar-refractivity contribution in [1.82, 2.24) is 5.32 Å². The van der Waals surface area contributed by atoms with Crippen LogP contribution in [0.15, 0.2) is 70.8 Å². The van der Waals surface area contributed by atoms with E-state index in [0.29, 0.717) is 11.3 Å². The molecular weight excluding hydrogens is 444 g/mol. The number of nitro groups is 1. The second kappa shape index (κ2) is 10.5. The van der Waals surface area contributed by atoms with Crippen LogP contribution in [0.1, 0.15) is 24.0 Å². The highest BCUT2D eigenvalue weighted by atomic mass is 32.2. The fraction of sp³-hybridized carbons (Fsp3) is 0.174. The molecule has 9 nitrogen and oxygen atoms in total. The van der Waals surface area contributed by atoms with Crippen molar-refractivity contribution in [2.75, 3.05) is 12.4 Å². The zero-order valence-electron chi connectivity index (χ0n) is 17.6. The Morgan fingerprint density at radius 3 is 2.48 bits per heavy atom. The maximum atomic E-state index is 13.2. The minimum Gasteiger partial charge on any atom is -0.463 e. The maximum absolute atomic E-state index is 13.2. The van der Waals surface area contributed by atoms with Crippen LogP contribution in [0.3, 0.4) is 0 Å². The third-order valence-corrected chi connectivity index (χ3v) is 5.85. The van der Waals surface area contributed by atoms with Crippen LogP contribution in [-0.2, 0) is 14.3 Å². The maximum Gasteiger partial charge on any atom is 0.337 e. The molecule has 1 heterocycles. The summed E-state index contributed by atoms with van der Waals surface area (Å²) in [4.78, 5) is 35.9. The Bertz CT molecular complexity index is 1200. The number of carbonyl (C=O) groups excluding carboxylic acids is 2. The van der Waals surface area contributed by atoms with Crippen molar-refractivity contribution in [3.05, 3.63) is 92.0 Å². The lowest BCUT2D eigenvalue weighted by Gasteiger charge is -2.30. The molecule has 0 fully saturated rings. The molecule has 0 aliphatic carbocycles. The summed E-state index contributed by atoms with van der Waals surface area (Å²) in [5, 5.41) is 25.2. The van der Waals surface area contributed by atoms with E-state index in [9.17, 15) is 25.0 Å². The highest BCUT2D eigenvalue weighted by Gasteiger charge is 2.40. The molecule has 1 amide bonds. The molecule has 0 aromatic heterocycles. The van der Waals surface area contributed by atoms with Gasteiger partial charge in [-0.1, -0.05) is 60.3 Å². The number of nitrogens with zero attached hydrogens (tertiary/aromatic N) is 2. The van der Waals surface area contributed by atoms with Crippen LogP contribution in [0.2, 0.25) is 0 Å². The second-order valence-corrected chi connectivity index (χ2v) is 7.84. The van der Waals surface area contributed by atoms with E-state index in [1.54, 1.807) is 43.3 Å². The van der Waals surface area contributed by atoms with Gasteiger partial charge in [0.2, 0.25) is 5.91 Å². The van der Waals surface area contributed by atoms with Gasteiger partial charge in [-0.05, 0) is 12.5 Å². The van der Waals surface area contributed by atoms with Crippen LogP contribution >= 0.6 is 11.8 Å². The molecule has 3 N–H and O–H groups in total. The molecule has 1 aliphatic rings. The van der Waals surface area contributed by atoms with E-state index >= 15 is 0 Å². The van der Waals surface area contributed by atoms with E-state index in [1.165, 1.54) is 18.2 Å². The molecule has 33 heavy (non-hydrogen) atoms. The van der Waals surface area contributed by atoms with E-state index in [2.05, 4.69) is 11.4 Å². The van der Waals surface area contributed by atoms with Crippen molar-refractivity contribution in [1.29, 1.82) is 5.26 Å². The molecule has 0 spiro atoms. The minimum atomic E-state index is -1.09. The summed E-state index contributed by atoms with van der Waals surface area (Å²) in [5.41, 5.74) is 6.28. The molecule has 0 unspecified atom stereocenters. The highest BCUT2D eigenvalue weighted by molar-refractivity contribution is 8.03. The van der Waals surface area contributed by atoms with Crippen LogP contribution in [-0.4, -0.2) is 29.2 Å². The predicted molar refractivity (Wildman–Crippen MR) is 123 cm³/mol. The third kappa shape index (κ3) is 5.05. The molecule has 168 valence electrons. The molecule has 1 aliphatic heterocycles. The molecule has 2 aromatic carbocycles. The van der Waals surface area contributed by atoms with E-state index in [1.807, 2.05) is 0 Å². The average Bonchev–Trinajstić information content (AvgIpc) is 2.82. The van der Waals surface area contributed by atoms with Crippen LogP contribution in [0.5, 0.6) is 0 Å². The number of primary amides is 1. The van der Waals surface area contributed by atoms with Crippen molar-refractivity contribution in [2.24, 2.45) is 5.73 Å². The molecule has 0 saturated heterocycles. The lowest BCUT2D eigenvalue weighted by molar-refractivity contribution is -0.385. The summed E-state index contributed by atoms with van der Waals surface area (Å²) >= 11 is 0.992. The summed E-state index contributed by atoms with van der Waals surface area (Å²) in [7, 11) is 0. The fourth-order valence-electron chi connectivity index (χ4n) is 3.51. The second-order valence-electron chi connectivity index (χ2n) is 6.86. The van der Waals surface area contributed by atoms with Crippen molar-refractivity contribution >= 4 is 35.0 Å². The van der Waals surface area contributed by atoms with Crippen LogP contribution in [0.4, 0.5) is 5.69 Å². The first-order valence-electron chi connectivity index (χ1n) is 9.91. The summed E-state index contributed by atoms with van der Waals surface area (Å²) < 4.78 is 5.29. The number of carbonyl (C=O) groups is 2. The van der Waals surface area contributed by atoms with Gasteiger partial charge in [0.15, 0.2) is 0 Å². The number of amides is 1. The number of hydrogen-bond donors (Lipinski definition) is 2. The Hall–Kier alpha value is -4.10. The van der Waals surface area contributed by atoms with Gasteiger partial charge in [0.1, 0.15) is 0 Å². The standard InChI is InChI=1S/C23H20N4O5S/c1-2-32-23(29)20-19(15-10-6-7-11-17(15)27(30)31)16(12-24)22(33-13-18(25)28)26-21(20)14-8-4-3-5-9-14/h3-11,19,26H,2,13H2,1H3,(H2,25,28)/t19-/m0/s1. The van der Waals surface area contributed by atoms with Gasteiger partial charge in [0.05, 0.1) is 51.1 Å². The molecule has 0 saturated carbocycles. The van der Waals surface area contributed by atoms with Crippen LogP contribution < -0.4 is 11.1 Å². The molecule has 3 rings (SSSR count). The van der Waals surface area contributed by atoms with Crippen molar-refractivity contribution < 1.29 is 19.2 Å². The number of nitro benzene ring substituents is 1. The van der Waals surface area contributed by atoms with Gasteiger partial charge >= 0.3 is 5.97 Å². The lowest BCUT2D eigenvalue weighted by atomic mass is 9.80. The summed E-state index contributed by atoms with van der Waals surface area (Å²) in [6, 6.07) is 16.8. The average molecular weight is 465 g/mol. The van der Waals surface area contributed by atoms with Gasteiger partial charge in [0.25, 0.3) is 5.69 Å². The van der Waals surface area contributed by atoms with Gasteiger partial charge in [-0.3, -0.25) is 14.9 Å². The number of para-hydroxylation sites is 1. The highest BCUT2D eigenvalue weighted by Crippen LogP contribution is 2.45. The Balaban J connectivity index is 2.36. The molecular formula is C23H20N4O5S. The first-order valence-corrected chi connectivity index (χ1v) is 10.9. The van der Waals surface area contributed by atoms with Crippen molar-refractivity contribution in [3.8, 4) is 6.07 Å². The number of thioether (sulfide) groups is 1. The van der Waals surface area contributed by atoms with Crippen molar-refractivity contribution in [2.45, 2.75) is 12.8 Å². The molecule has 0 bridgehead atoms. The number of dihydropyridines is 1. The van der Waals surface area contributed by atoms with Gasteiger partial charge in [0, 0.05) is 11.6 Å². The Morgan fingerprint density at radius 1 is 1.21 bits per heavy atom. The van der Waals surface area contributed by atoms with E-state index in [0.717, 1.165) is 11.8 Å². The first kappa shape index (κ1) is 23.6. The van der Waals surface area contributed by atoms with Crippen molar-refractivity contribution in [3.63, 3.8) is 0 Å². The SMILES string of the molecule is CCOC(=O)C1=C(c2ccccc2)NC(SCC(N)=O)=C(C#N)[C@@H]1c1ccccc1[N+](=O)[O-]. The number of allylic oxidation sites excluding steroid dienone is 1. The number of nitriles is 1. The molecule has 2 aromatic rings. The number of rotatable bonds is 8. The number of nitrogens with one attached hydrogen (secondary N) is 1. The minimum absolute atomic E-state index is 0.0540. The van der Waals surface area contributed by atoms with Gasteiger partial charge in [-0.25, -0.2) is 4.79 Å². The number of nitrogens with two attached hydrogens (primary N) is 1. The van der Waals surface area contributed by atoms with Gasteiger partial charge in [-0.2, -0.15) is 5.26 Å². The monoisotopic (exact) mass is 464 g/mol. The number of benzene rings is 2. The molecule has 1 atom stereocenters. The van der Waals surface area contributed by atoms with E-state index < -0.39 is 22.7 Å². The quantitative estimate of drug-likeness (QED) is 0.344. The van der Waals surface area contributed by atoms with Gasteiger partial charge < -0.3 is 15.8 Å². The third-order valence-electron chi connectivity index (χ3n) is 4.81. The van der Waals surface area contributed by atoms with E-state index in [4.69, 9.17) is 10.5 Å². The lowest BCUT2D eigenvalue weighted by Crippen LogP contribution is -2.30. The Kier molecular flexibility index (Phi) is 7.48. The summed E-state index contributed by atoms with van der Waals surface area (Å²) in [5.74, 6) is -2.54. The summed E-state index contributed by atoms with van der Waals surface area (Å²) in [6.07, 6.45) is 0. The first-order chi connectivity index (χ1) is 15.9. The molecule has 0 radical (unpaired) electrons. The Labute approximate surface area is 194 Å². The van der Waals surface area contributed by atoms with Gasteiger partial charge in [-0.15, -0.1) is 0 Å². The number of ether oxygens (including phenoxy) is 1. The van der Waals surface area contributed by atoms with Crippen LogP contribution in [0.25, 0.3) is 5.70 Å². The molecule has 10 heteroatoms. The van der Waals surface area contributed by atoms with Crippen LogP contribution in [0, 0.1) is 21.4 Å². The fourth-order valence-corrected chi connectivity index (χ4v) is 4.29. The predicted octanol–water partition coefficient (Wildman–Crippen LogP) is 3.21. The van der Waals surface area contributed by atoms with E-state index in [-0.39, 0.29) is 39.8 Å². The summed E-state index contributed by atoms with van der Waals surface area (Å²) in [6.45, 7) is 1.72. The number of hydrogen-bond acceptors (Lipinski definition) is 8. The smallest absolute Gasteiger partial charge is 0.337 e. The zero-order chi connectivity index (χ0) is 24.0. The Morgan fingerprint density at radius 2 is 1.88 bits per heavy atom.